The fraction of sp³-hybridized carbons (Fsp3) is 0.900. The summed E-state index contributed by atoms with van der Waals surface area (Å²) >= 11 is 0. The van der Waals surface area contributed by atoms with E-state index in [0.717, 1.165) is 13.0 Å². The molecule has 0 aliphatic rings. The summed E-state index contributed by atoms with van der Waals surface area (Å²) in [5, 5.41) is 2.54. The molecule has 0 bridgehead atoms. The first-order chi connectivity index (χ1) is 6.66. The number of hydrogen-bond donors (Lipinski definition) is 1. The molecule has 4 heteroatoms. The van der Waals surface area contributed by atoms with Crippen LogP contribution in [0, 0.1) is 0 Å². The van der Waals surface area contributed by atoms with Gasteiger partial charge < -0.3 is 14.8 Å². The van der Waals surface area contributed by atoms with Crippen molar-refractivity contribution in [2.24, 2.45) is 0 Å². The first-order valence-electron chi connectivity index (χ1n) is 5.06. The van der Waals surface area contributed by atoms with Crippen LogP contribution < -0.4 is 5.32 Å². The Morgan fingerprint density at radius 2 is 2.00 bits per heavy atom. The van der Waals surface area contributed by atoms with Crippen LogP contribution in [0.25, 0.3) is 0 Å². The summed E-state index contributed by atoms with van der Waals surface area (Å²) in [7, 11) is 1.62. The van der Waals surface area contributed by atoms with Crippen molar-refractivity contribution >= 4 is 5.91 Å². The molecule has 1 amide bonds. The minimum absolute atomic E-state index is 0.0171. The second kappa shape index (κ2) is 8.97. The lowest BCUT2D eigenvalue weighted by Gasteiger charge is -2.07. The van der Waals surface area contributed by atoms with Gasteiger partial charge >= 0.3 is 0 Å². The van der Waals surface area contributed by atoms with Crippen LogP contribution in [0.4, 0.5) is 0 Å². The van der Waals surface area contributed by atoms with Crippen molar-refractivity contribution in [3.8, 4) is 0 Å². The Kier molecular flexibility index (Phi) is 8.57. The van der Waals surface area contributed by atoms with Gasteiger partial charge in [-0.15, -0.1) is 0 Å². The molecule has 0 aromatic heterocycles. The smallest absolute Gasteiger partial charge is 0.222 e. The van der Waals surface area contributed by atoms with Gasteiger partial charge in [0, 0.05) is 26.7 Å². The maximum absolute atomic E-state index is 10.8. The Bertz CT molecular complexity index is 148. The Morgan fingerprint density at radius 3 is 2.57 bits per heavy atom. The molecule has 14 heavy (non-hydrogen) atoms. The number of amides is 1. The minimum Gasteiger partial charge on any atom is -0.381 e. The van der Waals surface area contributed by atoms with Gasteiger partial charge in [-0.1, -0.05) is 0 Å². The lowest BCUT2D eigenvalue weighted by Crippen LogP contribution is -2.19. The van der Waals surface area contributed by atoms with E-state index in [2.05, 4.69) is 5.32 Å². The van der Waals surface area contributed by atoms with Crippen LogP contribution in [0.1, 0.15) is 26.7 Å². The van der Waals surface area contributed by atoms with Crippen LogP contribution in [-0.2, 0) is 14.3 Å². The minimum atomic E-state index is 0.0171. The third-order valence-corrected chi connectivity index (χ3v) is 1.64. The molecule has 0 aliphatic carbocycles. The highest BCUT2D eigenvalue weighted by Gasteiger charge is 1.97. The van der Waals surface area contributed by atoms with E-state index in [1.165, 1.54) is 0 Å². The van der Waals surface area contributed by atoms with Crippen LogP contribution in [0.5, 0.6) is 0 Å². The molecule has 0 radical (unpaired) electrons. The first kappa shape index (κ1) is 13.4. The van der Waals surface area contributed by atoms with Gasteiger partial charge in [0.1, 0.15) is 0 Å². The van der Waals surface area contributed by atoms with Gasteiger partial charge in [0.2, 0.25) is 5.91 Å². The second-order valence-electron chi connectivity index (χ2n) is 3.31. The second-order valence-corrected chi connectivity index (χ2v) is 3.31. The average Bonchev–Trinajstić information content (AvgIpc) is 2.15. The normalized spacial score (nSPS) is 10.6. The number of carbonyl (C=O) groups is 1. The van der Waals surface area contributed by atoms with Gasteiger partial charge in [-0.3, -0.25) is 4.79 Å². The molecular formula is C10H21NO3. The molecule has 4 nitrogen and oxygen atoms in total. The summed E-state index contributed by atoms with van der Waals surface area (Å²) in [6, 6.07) is 0. The average molecular weight is 203 g/mol. The van der Waals surface area contributed by atoms with E-state index in [9.17, 15) is 4.79 Å². The lowest BCUT2D eigenvalue weighted by molar-refractivity contribution is -0.121. The van der Waals surface area contributed by atoms with Crippen LogP contribution in [-0.4, -0.2) is 38.9 Å². The van der Waals surface area contributed by atoms with E-state index >= 15 is 0 Å². The fourth-order valence-electron chi connectivity index (χ4n) is 0.872. The number of hydrogen-bond acceptors (Lipinski definition) is 3. The van der Waals surface area contributed by atoms with E-state index < -0.39 is 0 Å². The quantitative estimate of drug-likeness (QED) is 0.598. The molecular weight excluding hydrogens is 182 g/mol. The van der Waals surface area contributed by atoms with E-state index in [4.69, 9.17) is 9.47 Å². The Labute approximate surface area is 86.0 Å². The molecule has 0 saturated heterocycles. The summed E-state index contributed by atoms with van der Waals surface area (Å²) < 4.78 is 10.6. The molecule has 0 heterocycles. The highest BCUT2D eigenvalue weighted by atomic mass is 16.5. The highest BCUT2D eigenvalue weighted by Crippen LogP contribution is 1.91. The zero-order valence-electron chi connectivity index (χ0n) is 9.34. The molecule has 0 fully saturated rings. The molecule has 0 aliphatic heterocycles. The van der Waals surface area contributed by atoms with Crippen molar-refractivity contribution in [3.05, 3.63) is 0 Å². The largest absolute Gasteiger partial charge is 0.381 e. The van der Waals surface area contributed by atoms with E-state index in [0.29, 0.717) is 19.6 Å². The highest BCUT2D eigenvalue weighted by molar-refractivity contribution is 5.75. The van der Waals surface area contributed by atoms with Gasteiger partial charge in [-0.25, -0.2) is 0 Å². The molecule has 0 atom stereocenters. The predicted octanol–water partition coefficient (Wildman–Crippen LogP) is 0.954. The zero-order chi connectivity index (χ0) is 10.8. The van der Waals surface area contributed by atoms with Gasteiger partial charge in [0.15, 0.2) is 0 Å². The van der Waals surface area contributed by atoms with Gasteiger partial charge in [-0.2, -0.15) is 0 Å². The Morgan fingerprint density at radius 1 is 1.29 bits per heavy atom. The van der Waals surface area contributed by atoms with Crippen molar-refractivity contribution < 1.29 is 14.3 Å². The molecule has 84 valence electrons. The number of ether oxygens (including phenoxy) is 2. The summed E-state index contributed by atoms with van der Waals surface area (Å²) in [4.78, 5) is 10.8. The topological polar surface area (TPSA) is 47.6 Å². The van der Waals surface area contributed by atoms with Gasteiger partial charge in [0.25, 0.3) is 0 Å². The van der Waals surface area contributed by atoms with Crippen LogP contribution in [0.2, 0.25) is 0 Å². The number of rotatable bonds is 8. The third kappa shape index (κ3) is 9.48. The summed E-state index contributed by atoms with van der Waals surface area (Å²) in [5.74, 6) is 0.0171. The van der Waals surface area contributed by atoms with Crippen molar-refractivity contribution in [1.29, 1.82) is 0 Å². The van der Waals surface area contributed by atoms with Crippen LogP contribution >= 0.6 is 0 Å². The maximum atomic E-state index is 10.8. The molecule has 0 aromatic carbocycles. The summed E-state index contributed by atoms with van der Waals surface area (Å²) in [6.07, 6.45) is 1.59. The van der Waals surface area contributed by atoms with E-state index in [1.54, 1.807) is 7.05 Å². The fourth-order valence-corrected chi connectivity index (χ4v) is 0.872. The number of carbonyl (C=O) groups excluding carboxylic acids is 1. The standard InChI is InChI=1S/C10H21NO3/c1-9(2)14-7-4-6-13-8-5-10(12)11-3/h9H,4-8H2,1-3H3,(H,11,12). The van der Waals surface area contributed by atoms with Crippen LogP contribution in [0.3, 0.4) is 0 Å². The third-order valence-electron chi connectivity index (χ3n) is 1.64. The SMILES string of the molecule is CNC(=O)CCOCCCOC(C)C. The molecule has 0 unspecified atom stereocenters. The Balaban J connectivity index is 3.03. The maximum Gasteiger partial charge on any atom is 0.222 e. The monoisotopic (exact) mass is 203 g/mol. The molecule has 0 spiro atoms. The molecule has 0 aromatic rings. The van der Waals surface area contributed by atoms with Gasteiger partial charge in [-0.05, 0) is 20.3 Å². The number of nitrogens with one attached hydrogen (secondary N) is 1. The van der Waals surface area contributed by atoms with Crippen LogP contribution in [0.15, 0.2) is 0 Å². The Hall–Kier alpha value is -0.610. The lowest BCUT2D eigenvalue weighted by atomic mass is 10.4. The van der Waals surface area contributed by atoms with E-state index in [-0.39, 0.29) is 12.0 Å². The summed E-state index contributed by atoms with van der Waals surface area (Å²) in [6.45, 7) is 5.88. The van der Waals surface area contributed by atoms with Crippen molar-refractivity contribution in [2.45, 2.75) is 32.8 Å². The molecule has 1 N–H and O–H groups in total. The predicted molar refractivity (Wildman–Crippen MR) is 55.2 cm³/mol. The molecule has 0 rings (SSSR count). The zero-order valence-corrected chi connectivity index (χ0v) is 9.34. The van der Waals surface area contributed by atoms with Crippen molar-refractivity contribution in [3.63, 3.8) is 0 Å². The summed E-state index contributed by atoms with van der Waals surface area (Å²) in [5.41, 5.74) is 0. The first-order valence-corrected chi connectivity index (χ1v) is 5.06. The van der Waals surface area contributed by atoms with Gasteiger partial charge in [0.05, 0.1) is 12.7 Å². The van der Waals surface area contributed by atoms with Crippen molar-refractivity contribution in [1.82, 2.24) is 5.32 Å². The molecule has 0 saturated carbocycles. The van der Waals surface area contributed by atoms with E-state index in [1.807, 2.05) is 13.8 Å². The van der Waals surface area contributed by atoms with Crippen molar-refractivity contribution in [2.75, 3.05) is 26.9 Å².